The molecule has 3 amide bonds. The van der Waals surface area contributed by atoms with Crippen molar-refractivity contribution in [1.82, 2.24) is 4.90 Å². The summed E-state index contributed by atoms with van der Waals surface area (Å²) in [6.45, 7) is 0.175. The van der Waals surface area contributed by atoms with Crippen molar-refractivity contribution in [2.45, 2.75) is 25.0 Å². The molecule has 1 fully saturated rings. The number of ether oxygens (including phenoxy) is 1. The maximum absolute atomic E-state index is 14.0. The van der Waals surface area contributed by atoms with Crippen molar-refractivity contribution in [3.05, 3.63) is 88.9 Å². The van der Waals surface area contributed by atoms with E-state index in [1.165, 1.54) is 16.9 Å². The average Bonchev–Trinajstić information content (AvgIpc) is 3.21. The Labute approximate surface area is 201 Å². The number of benzene rings is 3. The molecule has 172 valence electrons. The lowest BCUT2D eigenvalue weighted by molar-refractivity contribution is -0.129. The Morgan fingerprint density at radius 1 is 1.06 bits per heavy atom. The molecule has 5 rings (SSSR count). The van der Waals surface area contributed by atoms with Crippen LogP contribution in [-0.4, -0.2) is 35.4 Å². The highest BCUT2D eigenvalue weighted by atomic mass is 35.5. The lowest BCUT2D eigenvalue weighted by atomic mass is 9.94. The molecule has 1 atom stereocenters. The molecule has 0 spiro atoms. The molecule has 2 aliphatic rings. The van der Waals surface area contributed by atoms with Crippen LogP contribution in [0, 0.1) is 0 Å². The summed E-state index contributed by atoms with van der Waals surface area (Å²) in [6.07, 6.45) is 0.318. The lowest BCUT2D eigenvalue weighted by Gasteiger charge is -2.49. The molecule has 0 bridgehead atoms. The molecule has 3 aromatic carbocycles. The van der Waals surface area contributed by atoms with E-state index in [1.807, 2.05) is 30.3 Å². The number of carbonyl (C=O) groups is 3. The van der Waals surface area contributed by atoms with Gasteiger partial charge in [0, 0.05) is 25.1 Å². The van der Waals surface area contributed by atoms with Gasteiger partial charge < -0.3 is 15.0 Å². The monoisotopic (exact) mass is 475 g/mol. The van der Waals surface area contributed by atoms with E-state index in [2.05, 4.69) is 5.32 Å². The summed E-state index contributed by atoms with van der Waals surface area (Å²) in [4.78, 5) is 43.8. The molecule has 0 aromatic heterocycles. The van der Waals surface area contributed by atoms with Gasteiger partial charge in [-0.25, -0.2) is 0 Å². The summed E-state index contributed by atoms with van der Waals surface area (Å²) >= 11 is 6.25. The number of carbonyl (C=O) groups excluding carboxylic acids is 3. The second-order valence-corrected chi connectivity index (χ2v) is 8.65. The Balaban J connectivity index is 1.62. The first-order valence-electron chi connectivity index (χ1n) is 10.9. The molecule has 8 heteroatoms. The number of rotatable bonds is 5. The van der Waals surface area contributed by atoms with E-state index < -0.39 is 11.6 Å². The largest absolute Gasteiger partial charge is 0.495 e. The van der Waals surface area contributed by atoms with Crippen molar-refractivity contribution in [3.8, 4) is 5.75 Å². The third kappa shape index (κ3) is 3.40. The Hall–Kier alpha value is -3.84. The summed E-state index contributed by atoms with van der Waals surface area (Å²) < 4.78 is 5.19. The molecule has 34 heavy (non-hydrogen) atoms. The molecule has 7 nitrogen and oxygen atoms in total. The van der Waals surface area contributed by atoms with Gasteiger partial charge in [0.15, 0.2) is 0 Å². The van der Waals surface area contributed by atoms with Crippen molar-refractivity contribution in [1.29, 1.82) is 0 Å². The van der Waals surface area contributed by atoms with E-state index in [4.69, 9.17) is 16.3 Å². The zero-order chi connectivity index (χ0) is 23.9. The third-order valence-electron chi connectivity index (χ3n) is 6.33. The van der Waals surface area contributed by atoms with Gasteiger partial charge in [-0.1, -0.05) is 54.1 Å². The standard InChI is InChI=1S/C26H22ClN3O4/c1-34-22-12-11-18(15-20(22)27)28-25(33)26-14-13-23(31)30(26)21-10-6-5-9-19(21)24(32)29(26)16-17-7-3-2-4-8-17/h2-12,15H,13-14,16H2,1H3,(H,28,33)/t26-/m1/s1. The fourth-order valence-electron chi connectivity index (χ4n) is 4.74. The first kappa shape index (κ1) is 22.0. The Morgan fingerprint density at radius 3 is 2.53 bits per heavy atom. The van der Waals surface area contributed by atoms with Crippen LogP contribution in [0.25, 0.3) is 0 Å². The first-order valence-corrected chi connectivity index (χ1v) is 11.3. The molecule has 2 heterocycles. The molecule has 3 aromatic rings. The number of methoxy groups -OCH3 is 1. The van der Waals surface area contributed by atoms with Crippen LogP contribution in [0.15, 0.2) is 72.8 Å². The second-order valence-electron chi connectivity index (χ2n) is 8.24. The van der Waals surface area contributed by atoms with Crippen LogP contribution < -0.4 is 15.0 Å². The summed E-state index contributed by atoms with van der Waals surface area (Å²) in [6, 6.07) is 21.2. The van der Waals surface area contributed by atoms with Gasteiger partial charge in [-0.3, -0.25) is 19.3 Å². The highest BCUT2D eigenvalue weighted by Gasteiger charge is 2.60. The molecule has 0 aliphatic carbocycles. The van der Waals surface area contributed by atoms with Gasteiger partial charge in [0.2, 0.25) is 11.6 Å². The molecular formula is C26H22ClN3O4. The summed E-state index contributed by atoms with van der Waals surface area (Å²) in [5.41, 5.74) is 0.626. The molecule has 0 radical (unpaired) electrons. The fraction of sp³-hybridized carbons (Fsp3) is 0.192. The quantitative estimate of drug-likeness (QED) is 0.590. The van der Waals surface area contributed by atoms with Gasteiger partial charge in [0.25, 0.3) is 11.8 Å². The zero-order valence-corrected chi connectivity index (χ0v) is 19.2. The average molecular weight is 476 g/mol. The van der Waals surface area contributed by atoms with E-state index >= 15 is 0 Å². The van der Waals surface area contributed by atoms with Crippen molar-refractivity contribution in [2.75, 3.05) is 17.3 Å². The van der Waals surface area contributed by atoms with Crippen LogP contribution in [0.2, 0.25) is 5.02 Å². The normalized spacial score (nSPS) is 19.0. The maximum Gasteiger partial charge on any atom is 0.271 e. The number of fused-ring (bicyclic) bond motifs is 3. The topological polar surface area (TPSA) is 79.0 Å². The van der Waals surface area contributed by atoms with Crippen molar-refractivity contribution in [3.63, 3.8) is 0 Å². The highest BCUT2D eigenvalue weighted by molar-refractivity contribution is 6.32. The minimum atomic E-state index is -1.51. The van der Waals surface area contributed by atoms with E-state index in [9.17, 15) is 14.4 Å². The second kappa shape index (κ2) is 8.50. The van der Waals surface area contributed by atoms with Crippen LogP contribution in [0.3, 0.4) is 0 Å². The van der Waals surface area contributed by atoms with Crippen molar-refractivity contribution in [2.24, 2.45) is 0 Å². The fourth-order valence-corrected chi connectivity index (χ4v) is 5.00. The minimum Gasteiger partial charge on any atom is -0.495 e. The number of nitrogens with zero attached hydrogens (tertiary/aromatic N) is 2. The molecule has 1 saturated heterocycles. The highest BCUT2D eigenvalue weighted by Crippen LogP contribution is 2.45. The van der Waals surface area contributed by atoms with E-state index in [0.717, 1.165) is 5.56 Å². The van der Waals surface area contributed by atoms with Crippen LogP contribution >= 0.6 is 11.6 Å². The summed E-state index contributed by atoms with van der Waals surface area (Å²) in [5, 5.41) is 3.22. The van der Waals surface area contributed by atoms with Gasteiger partial charge in [0.1, 0.15) is 5.75 Å². The van der Waals surface area contributed by atoms with E-state index in [1.54, 1.807) is 42.5 Å². The Morgan fingerprint density at radius 2 is 1.79 bits per heavy atom. The van der Waals surface area contributed by atoms with E-state index in [-0.39, 0.29) is 31.2 Å². The zero-order valence-electron chi connectivity index (χ0n) is 18.5. The lowest BCUT2D eigenvalue weighted by Crippen LogP contribution is -2.69. The number of hydrogen-bond acceptors (Lipinski definition) is 4. The van der Waals surface area contributed by atoms with Gasteiger partial charge in [0.05, 0.1) is 23.4 Å². The SMILES string of the molecule is COc1ccc(NC(=O)[C@@]23CCC(=O)N2c2ccccc2C(=O)N3Cc2ccccc2)cc1Cl. The number of para-hydroxylation sites is 1. The maximum atomic E-state index is 14.0. The van der Waals surface area contributed by atoms with Gasteiger partial charge in [-0.2, -0.15) is 0 Å². The third-order valence-corrected chi connectivity index (χ3v) is 6.63. The Kier molecular flexibility index (Phi) is 5.49. The summed E-state index contributed by atoms with van der Waals surface area (Å²) in [7, 11) is 1.51. The summed E-state index contributed by atoms with van der Waals surface area (Å²) in [5.74, 6) is -0.504. The van der Waals surface area contributed by atoms with Crippen molar-refractivity contribution < 1.29 is 19.1 Å². The number of nitrogens with one attached hydrogen (secondary N) is 1. The van der Waals surface area contributed by atoms with E-state index in [0.29, 0.717) is 27.7 Å². The predicted molar refractivity (Wildman–Crippen MR) is 129 cm³/mol. The molecular weight excluding hydrogens is 454 g/mol. The number of amides is 3. The van der Waals surface area contributed by atoms with Gasteiger partial charge >= 0.3 is 0 Å². The number of anilines is 2. The van der Waals surface area contributed by atoms with Crippen LogP contribution in [0.4, 0.5) is 11.4 Å². The molecule has 0 saturated carbocycles. The van der Waals surface area contributed by atoms with Gasteiger partial charge in [-0.05, 0) is 35.9 Å². The smallest absolute Gasteiger partial charge is 0.271 e. The Bertz CT molecular complexity index is 1300. The van der Waals surface area contributed by atoms with Crippen LogP contribution in [-0.2, 0) is 16.1 Å². The number of hydrogen-bond donors (Lipinski definition) is 1. The van der Waals surface area contributed by atoms with Gasteiger partial charge in [-0.15, -0.1) is 0 Å². The number of halogens is 1. The molecule has 0 unspecified atom stereocenters. The minimum absolute atomic E-state index is 0.143. The molecule has 1 N–H and O–H groups in total. The van der Waals surface area contributed by atoms with Crippen LogP contribution in [0.5, 0.6) is 5.75 Å². The van der Waals surface area contributed by atoms with Crippen molar-refractivity contribution >= 4 is 40.7 Å². The first-order chi connectivity index (χ1) is 16.5. The van der Waals surface area contributed by atoms with Crippen LogP contribution in [0.1, 0.15) is 28.8 Å². The molecule has 2 aliphatic heterocycles. The predicted octanol–water partition coefficient (Wildman–Crippen LogP) is 4.47.